The number of nitrogens with two attached hydrogens (primary N) is 1. The quantitative estimate of drug-likeness (QED) is 0.161. The maximum Gasteiger partial charge on any atom is 0.329 e. The molecule has 4 N–H and O–H groups in total. The minimum Gasteiger partial charge on any atom is -0.350 e. The molecule has 0 saturated carbocycles. The zero-order valence-electron chi connectivity index (χ0n) is 19.1. The van der Waals surface area contributed by atoms with Crippen molar-refractivity contribution in [2.24, 2.45) is 5.73 Å². The van der Waals surface area contributed by atoms with Crippen LogP contribution < -0.4 is 16.5 Å². The molecule has 0 aliphatic carbocycles. The molecule has 0 aromatic carbocycles. The van der Waals surface area contributed by atoms with Crippen LogP contribution in [0.2, 0.25) is 0 Å². The summed E-state index contributed by atoms with van der Waals surface area (Å²) in [6.45, 7) is 8.10. The minimum absolute atomic E-state index is 0.376. The van der Waals surface area contributed by atoms with Crippen molar-refractivity contribution in [2.75, 3.05) is 26.2 Å². The van der Waals surface area contributed by atoms with E-state index in [0.29, 0.717) is 6.54 Å². The van der Waals surface area contributed by atoms with Crippen LogP contribution in [0.3, 0.4) is 0 Å². The molecule has 2 amide bonds. The van der Waals surface area contributed by atoms with Crippen molar-refractivity contribution < 1.29 is 4.79 Å². The second-order valence-corrected chi connectivity index (χ2v) is 8.10. The van der Waals surface area contributed by atoms with E-state index in [2.05, 4.69) is 24.6 Å². The first kappa shape index (κ1) is 27.2. The maximum atomic E-state index is 11.3. The van der Waals surface area contributed by atoms with E-state index in [4.69, 9.17) is 5.73 Å². The Labute approximate surface area is 175 Å². The van der Waals surface area contributed by atoms with Crippen LogP contribution in [0, 0.1) is 0 Å². The molecule has 0 aromatic heterocycles. The summed E-state index contributed by atoms with van der Waals surface area (Å²) in [5.74, 6) is 0. The lowest BCUT2D eigenvalue weighted by atomic mass is 10.1. The van der Waals surface area contributed by atoms with Crippen LogP contribution in [-0.2, 0) is 0 Å². The van der Waals surface area contributed by atoms with Crippen LogP contribution in [0.4, 0.5) is 4.79 Å². The Kier molecular flexibility index (Phi) is 21.8. The van der Waals surface area contributed by atoms with Gasteiger partial charge in [0, 0.05) is 13.1 Å². The summed E-state index contributed by atoms with van der Waals surface area (Å²) in [5, 5.41) is 5.08. The highest BCUT2D eigenvalue weighted by Gasteiger charge is 2.06. The van der Waals surface area contributed by atoms with Crippen molar-refractivity contribution >= 4 is 6.03 Å². The van der Waals surface area contributed by atoms with Crippen molar-refractivity contribution in [3.05, 3.63) is 0 Å². The lowest BCUT2D eigenvalue weighted by molar-refractivity contribution is 0.177. The van der Waals surface area contributed by atoms with E-state index in [1.165, 1.54) is 77.0 Å². The van der Waals surface area contributed by atoms with Gasteiger partial charge in [-0.2, -0.15) is 0 Å². The van der Waals surface area contributed by atoms with Gasteiger partial charge in [0.1, 0.15) is 0 Å². The van der Waals surface area contributed by atoms with E-state index in [1.54, 1.807) is 5.01 Å². The fourth-order valence-electron chi connectivity index (χ4n) is 3.39. The SMILES string of the molecule is CCCCCCCCCCCCCCNCCCCNN(CCCC)C(N)=O. The van der Waals surface area contributed by atoms with Gasteiger partial charge in [0.2, 0.25) is 0 Å². The molecule has 168 valence electrons. The van der Waals surface area contributed by atoms with Gasteiger partial charge in [0.25, 0.3) is 0 Å². The number of nitrogens with zero attached hydrogens (tertiary/aromatic N) is 1. The van der Waals surface area contributed by atoms with Crippen LogP contribution in [0.5, 0.6) is 0 Å². The Bertz CT molecular complexity index is 326. The zero-order chi connectivity index (χ0) is 20.7. The third-order valence-electron chi connectivity index (χ3n) is 5.29. The van der Waals surface area contributed by atoms with Gasteiger partial charge < -0.3 is 11.1 Å². The molecule has 5 heteroatoms. The van der Waals surface area contributed by atoms with Crippen LogP contribution in [0.25, 0.3) is 0 Å². The lowest BCUT2D eigenvalue weighted by Gasteiger charge is -2.21. The Hall–Kier alpha value is -0.810. The van der Waals surface area contributed by atoms with Gasteiger partial charge in [-0.3, -0.25) is 5.01 Å². The van der Waals surface area contributed by atoms with Crippen molar-refractivity contribution in [3.63, 3.8) is 0 Å². The summed E-state index contributed by atoms with van der Waals surface area (Å²) in [7, 11) is 0. The molecule has 0 bridgehead atoms. The van der Waals surface area contributed by atoms with Crippen molar-refractivity contribution in [2.45, 2.75) is 117 Å². The molecule has 0 atom stereocenters. The second-order valence-electron chi connectivity index (χ2n) is 8.10. The number of hydrogen-bond acceptors (Lipinski definition) is 3. The summed E-state index contributed by atoms with van der Waals surface area (Å²) < 4.78 is 0. The largest absolute Gasteiger partial charge is 0.350 e. The summed E-state index contributed by atoms with van der Waals surface area (Å²) in [5.41, 5.74) is 8.50. The first-order valence-corrected chi connectivity index (χ1v) is 12.2. The average molecular weight is 399 g/mol. The van der Waals surface area contributed by atoms with Crippen molar-refractivity contribution in [1.82, 2.24) is 15.8 Å². The molecular weight excluding hydrogens is 348 g/mol. The lowest BCUT2D eigenvalue weighted by Crippen LogP contribution is -2.46. The van der Waals surface area contributed by atoms with E-state index in [9.17, 15) is 4.79 Å². The molecule has 0 rings (SSSR count). The first-order valence-electron chi connectivity index (χ1n) is 12.2. The van der Waals surface area contributed by atoms with Gasteiger partial charge in [0.15, 0.2) is 0 Å². The number of carbonyl (C=O) groups is 1. The number of hydrogen-bond donors (Lipinski definition) is 3. The first-order chi connectivity index (χ1) is 13.7. The van der Waals surface area contributed by atoms with E-state index >= 15 is 0 Å². The van der Waals surface area contributed by atoms with Crippen LogP contribution in [-0.4, -0.2) is 37.2 Å². The van der Waals surface area contributed by atoms with Gasteiger partial charge >= 0.3 is 6.03 Å². The number of carbonyl (C=O) groups excluding carboxylic acids is 1. The van der Waals surface area contributed by atoms with Gasteiger partial charge in [0.05, 0.1) is 0 Å². The molecule has 0 radical (unpaired) electrons. The number of primary amides is 1. The molecular formula is C23H50N4O. The summed E-state index contributed by atoms with van der Waals surface area (Å²) in [4.78, 5) is 11.3. The third kappa shape index (κ3) is 19.9. The Morgan fingerprint density at radius 1 is 0.643 bits per heavy atom. The predicted molar refractivity (Wildman–Crippen MR) is 122 cm³/mol. The molecule has 28 heavy (non-hydrogen) atoms. The molecule has 0 saturated heterocycles. The molecule has 5 nitrogen and oxygen atoms in total. The minimum atomic E-state index is -0.376. The third-order valence-corrected chi connectivity index (χ3v) is 5.29. The average Bonchev–Trinajstić information content (AvgIpc) is 2.69. The number of unbranched alkanes of at least 4 members (excludes halogenated alkanes) is 13. The maximum absolute atomic E-state index is 11.3. The highest BCUT2D eigenvalue weighted by atomic mass is 16.2. The standard InChI is InChI=1S/C23H50N4O/c1-3-5-7-8-9-10-11-12-13-14-15-16-19-25-20-17-18-21-26-27(23(24)28)22-6-4-2/h25-26H,3-22H2,1-2H3,(H2,24,28). The van der Waals surface area contributed by atoms with Crippen LogP contribution in [0.15, 0.2) is 0 Å². The van der Waals surface area contributed by atoms with Crippen LogP contribution >= 0.6 is 0 Å². The summed E-state index contributed by atoms with van der Waals surface area (Å²) in [6, 6.07) is -0.376. The van der Waals surface area contributed by atoms with E-state index < -0.39 is 0 Å². The van der Waals surface area contributed by atoms with Crippen molar-refractivity contribution in [3.8, 4) is 0 Å². The zero-order valence-corrected chi connectivity index (χ0v) is 19.1. The molecule has 0 heterocycles. The van der Waals surface area contributed by atoms with E-state index in [0.717, 1.165) is 45.3 Å². The van der Waals surface area contributed by atoms with E-state index in [-0.39, 0.29) is 6.03 Å². The molecule has 0 unspecified atom stereocenters. The molecule has 0 aromatic rings. The number of nitrogens with one attached hydrogen (secondary N) is 2. The molecule has 0 spiro atoms. The topological polar surface area (TPSA) is 70.4 Å². The van der Waals surface area contributed by atoms with Gasteiger partial charge in [-0.1, -0.05) is 90.9 Å². The highest BCUT2D eigenvalue weighted by Crippen LogP contribution is 2.11. The summed E-state index contributed by atoms with van der Waals surface area (Å²) >= 11 is 0. The monoisotopic (exact) mass is 398 g/mol. The molecule has 0 aliphatic rings. The number of urea groups is 1. The van der Waals surface area contributed by atoms with Crippen molar-refractivity contribution in [1.29, 1.82) is 0 Å². The fourth-order valence-corrected chi connectivity index (χ4v) is 3.39. The highest BCUT2D eigenvalue weighted by molar-refractivity contribution is 5.71. The normalized spacial score (nSPS) is 11.1. The van der Waals surface area contributed by atoms with Gasteiger partial charge in [-0.25, -0.2) is 10.2 Å². The molecule has 0 aliphatic heterocycles. The Morgan fingerprint density at radius 3 is 1.57 bits per heavy atom. The fraction of sp³-hybridized carbons (Fsp3) is 0.957. The van der Waals surface area contributed by atoms with Crippen LogP contribution in [0.1, 0.15) is 117 Å². The second kappa shape index (κ2) is 22.5. The smallest absolute Gasteiger partial charge is 0.329 e. The number of rotatable bonds is 22. The Morgan fingerprint density at radius 2 is 1.07 bits per heavy atom. The summed E-state index contributed by atoms with van der Waals surface area (Å²) in [6.07, 6.45) is 21.1. The van der Waals surface area contributed by atoms with E-state index in [1.807, 2.05) is 0 Å². The van der Waals surface area contributed by atoms with Gasteiger partial charge in [-0.05, 0) is 38.8 Å². The Balaban J connectivity index is 3.20. The predicted octanol–water partition coefficient (Wildman–Crippen LogP) is 5.74. The number of hydrazine groups is 1. The number of amides is 2. The van der Waals surface area contributed by atoms with Gasteiger partial charge in [-0.15, -0.1) is 0 Å². The molecule has 0 fully saturated rings.